The molecule has 0 radical (unpaired) electrons. The third-order valence-corrected chi connectivity index (χ3v) is 1.13. The molecule has 0 rings (SSSR count). The van der Waals surface area contributed by atoms with Crippen molar-refractivity contribution in [3.8, 4) is 0 Å². The molecule has 3 nitrogen and oxygen atoms in total. The number of nitrogens with zero attached hydrogens (tertiary/aromatic N) is 1. The zero-order valence-corrected chi connectivity index (χ0v) is 4.62. The van der Waals surface area contributed by atoms with E-state index in [9.17, 15) is 8.42 Å². The van der Waals surface area contributed by atoms with Crippen molar-refractivity contribution in [1.82, 2.24) is 0 Å². The Bertz CT molecular complexity index is 116. The molecule has 0 N–H and O–H groups in total. The first kappa shape index (κ1) is 6.20. The van der Waals surface area contributed by atoms with Gasteiger partial charge in [-0.2, -0.15) is 0 Å². The first-order valence-electron chi connectivity index (χ1n) is 1.09. The molecule has 0 heterocycles. The van der Waals surface area contributed by atoms with Gasteiger partial charge < -0.3 is 4.24 Å². The highest BCUT2D eigenvalue weighted by atomic mass is 35.5. The second-order valence-electron chi connectivity index (χ2n) is 0.802. The topological polar surface area (TPSA) is 48.2 Å². The third kappa shape index (κ3) is 4.20. The lowest BCUT2D eigenvalue weighted by atomic mass is 12.0. The van der Waals surface area contributed by atoms with E-state index in [0.29, 0.717) is 0 Å². The fourth-order valence-corrected chi connectivity index (χ4v) is 0. The van der Waals surface area contributed by atoms with Gasteiger partial charge in [0.1, 0.15) is 0 Å². The molecular formula is CH3ClNO2S-. The lowest BCUT2D eigenvalue weighted by molar-refractivity contribution is 0.609. The molecule has 0 atom stereocenters. The first-order chi connectivity index (χ1) is 2.56. The van der Waals surface area contributed by atoms with Crippen molar-refractivity contribution in [2.24, 2.45) is 0 Å². The van der Waals surface area contributed by atoms with E-state index in [1.165, 1.54) is 0 Å². The summed E-state index contributed by atoms with van der Waals surface area (Å²) in [4.78, 5) is 0. The molecule has 0 unspecified atom stereocenters. The van der Waals surface area contributed by atoms with E-state index in [0.717, 1.165) is 6.26 Å². The number of rotatable bonds is 1. The molecule has 0 aromatic carbocycles. The zero-order valence-electron chi connectivity index (χ0n) is 3.05. The van der Waals surface area contributed by atoms with E-state index in [-0.39, 0.29) is 0 Å². The Labute approximate surface area is 41.5 Å². The summed E-state index contributed by atoms with van der Waals surface area (Å²) >= 11 is 4.51. The summed E-state index contributed by atoms with van der Waals surface area (Å²) in [6, 6.07) is 0. The van der Waals surface area contributed by atoms with Crippen LogP contribution in [0.2, 0.25) is 0 Å². The van der Waals surface area contributed by atoms with Crippen LogP contribution >= 0.6 is 11.8 Å². The van der Waals surface area contributed by atoms with Gasteiger partial charge in [-0.1, -0.05) is 0 Å². The number of halogens is 1. The number of hydrogen-bond donors (Lipinski definition) is 0. The maximum atomic E-state index is 9.70. The van der Waals surface area contributed by atoms with Crippen molar-refractivity contribution in [3.63, 3.8) is 0 Å². The fraction of sp³-hybridized carbons (Fsp3) is 1.00. The molecule has 0 aliphatic carbocycles. The molecule has 0 aliphatic heterocycles. The van der Waals surface area contributed by atoms with Crippen molar-refractivity contribution in [2.45, 2.75) is 0 Å². The van der Waals surface area contributed by atoms with Gasteiger partial charge in [-0.15, -0.1) is 0 Å². The summed E-state index contributed by atoms with van der Waals surface area (Å²) in [7, 11) is -3.27. The van der Waals surface area contributed by atoms with Crippen LogP contribution in [0.3, 0.4) is 0 Å². The van der Waals surface area contributed by atoms with Gasteiger partial charge in [0.15, 0.2) is 0 Å². The van der Waals surface area contributed by atoms with Gasteiger partial charge in [0, 0.05) is 6.26 Å². The molecule has 5 heteroatoms. The predicted octanol–water partition coefficient (Wildman–Crippen LogP) is 0.474. The summed E-state index contributed by atoms with van der Waals surface area (Å²) < 4.78 is 21.9. The number of sulfonamides is 1. The second kappa shape index (κ2) is 1.77. The van der Waals surface area contributed by atoms with Gasteiger partial charge >= 0.3 is 0 Å². The molecular weight excluding hydrogens is 126 g/mol. The van der Waals surface area contributed by atoms with Crippen LogP contribution in [0.15, 0.2) is 0 Å². The molecule has 0 saturated carbocycles. The Balaban J connectivity index is 3.85. The van der Waals surface area contributed by atoms with Crippen molar-refractivity contribution < 1.29 is 8.42 Å². The van der Waals surface area contributed by atoms with Crippen molar-refractivity contribution in [3.05, 3.63) is 4.24 Å². The average molecular weight is 129 g/mol. The Hall–Kier alpha value is 0.200. The fourth-order valence-electron chi connectivity index (χ4n) is 0. The molecule has 0 spiro atoms. The van der Waals surface area contributed by atoms with Crippen LogP contribution < -0.4 is 0 Å². The summed E-state index contributed by atoms with van der Waals surface area (Å²) in [5, 5.41) is 0. The van der Waals surface area contributed by atoms with E-state index in [1.54, 1.807) is 0 Å². The number of hydrogen-bond acceptors (Lipinski definition) is 2. The molecule has 0 aromatic rings. The molecule has 0 bridgehead atoms. The summed E-state index contributed by atoms with van der Waals surface area (Å²) in [6.07, 6.45) is 0.917. The lowest BCUT2D eigenvalue weighted by Crippen LogP contribution is -1.85. The van der Waals surface area contributed by atoms with E-state index in [2.05, 4.69) is 16.0 Å². The van der Waals surface area contributed by atoms with Gasteiger partial charge in [0.2, 0.25) is 0 Å². The van der Waals surface area contributed by atoms with Crippen LogP contribution in [0.5, 0.6) is 0 Å². The Morgan fingerprint density at radius 3 is 1.83 bits per heavy atom. The van der Waals surface area contributed by atoms with E-state index < -0.39 is 10.0 Å². The van der Waals surface area contributed by atoms with Crippen LogP contribution in [-0.2, 0) is 10.0 Å². The molecule has 6 heavy (non-hydrogen) atoms. The van der Waals surface area contributed by atoms with Gasteiger partial charge in [-0.3, -0.25) is 11.8 Å². The minimum atomic E-state index is -3.27. The minimum Gasteiger partial charge on any atom is -0.463 e. The van der Waals surface area contributed by atoms with Crippen LogP contribution in [-0.4, -0.2) is 14.7 Å². The zero-order chi connectivity index (χ0) is 5.21. The van der Waals surface area contributed by atoms with Gasteiger partial charge in [-0.05, 0) is 0 Å². The van der Waals surface area contributed by atoms with Crippen LogP contribution in [0.25, 0.3) is 4.24 Å². The Morgan fingerprint density at radius 2 is 1.83 bits per heavy atom. The van der Waals surface area contributed by atoms with E-state index in [4.69, 9.17) is 0 Å². The van der Waals surface area contributed by atoms with E-state index in [1.807, 2.05) is 0 Å². The largest absolute Gasteiger partial charge is 0.463 e. The maximum absolute atomic E-state index is 9.70. The molecule has 0 amide bonds. The van der Waals surface area contributed by atoms with E-state index >= 15 is 0 Å². The summed E-state index contributed by atoms with van der Waals surface area (Å²) in [5.74, 6) is 0. The Kier molecular flexibility index (Phi) is 1.83. The second-order valence-corrected chi connectivity index (χ2v) is 2.82. The third-order valence-electron chi connectivity index (χ3n) is 0.125. The van der Waals surface area contributed by atoms with Crippen molar-refractivity contribution >= 4 is 21.8 Å². The quantitative estimate of drug-likeness (QED) is 0.516. The SMILES string of the molecule is CS(=O)(=O)[N-]Cl. The lowest BCUT2D eigenvalue weighted by Gasteiger charge is -2.01. The smallest absolute Gasteiger partial charge is 0.0800 e. The highest BCUT2D eigenvalue weighted by molar-refractivity contribution is 7.94. The molecule has 38 valence electrons. The molecule has 0 aromatic heterocycles. The summed E-state index contributed by atoms with van der Waals surface area (Å²) in [5.41, 5.74) is 0. The normalized spacial score (nSPS) is 11.7. The molecule has 0 aliphatic rings. The van der Waals surface area contributed by atoms with Crippen molar-refractivity contribution in [1.29, 1.82) is 0 Å². The maximum Gasteiger partial charge on any atom is 0.0800 e. The van der Waals surface area contributed by atoms with Crippen LogP contribution in [0.1, 0.15) is 0 Å². The Morgan fingerprint density at radius 1 is 1.67 bits per heavy atom. The van der Waals surface area contributed by atoms with Crippen LogP contribution in [0.4, 0.5) is 0 Å². The first-order valence-corrected chi connectivity index (χ1v) is 3.28. The molecule has 0 saturated heterocycles. The predicted molar refractivity (Wildman–Crippen MR) is 24.1 cm³/mol. The molecule has 0 fully saturated rings. The minimum absolute atomic E-state index is 0.917. The van der Waals surface area contributed by atoms with Gasteiger partial charge in [0.05, 0.1) is 10.0 Å². The van der Waals surface area contributed by atoms with Crippen LogP contribution in [0, 0.1) is 0 Å². The van der Waals surface area contributed by atoms with Crippen molar-refractivity contribution in [2.75, 3.05) is 6.26 Å². The van der Waals surface area contributed by atoms with Gasteiger partial charge in [0.25, 0.3) is 0 Å². The summed E-state index contributed by atoms with van der Waals surface area (Å²) in [6.45, 7) is 0. The monoisotopic (exact) mass is 128 g/mol. The standard InChI is InChI=1S/CH3ClNO2S/c1-6(4,5)3-2/h1H3/q-1. The average Bonchev–Trinajstić information content (AvgIpc) is 1.35. The van der Waals surface area contributed by atoms with Gasteiger partial charge in [-0.25, -0.2) is 8.42 Å². The highest BCUT2D eigenvalue weighted by Gasteiger charge is 1.75. The highest BCUT2D eigenvalue weighted by Crippen LogP contribution is 1.98.